The van der Waals surface area contributed by atoms with Crippen LogP contribution < -0.4 is 15.8 Å². The maximum absolute atomic E-state index is 11.8. The molecule has 1 amide bonds. The Morgan fingerprint density at radius 2 is 2.05 bits per heavy atom. The van der Waals surface area contributed by atoms with Crippen molar-refractivity contribution in [3.05, 3.63) is 29.8 Å². The lowest BCUT2D eigenvalue weighted by Gasteiger charge is -2.30. The smallest absolute Gasteiger partial charge is 0.237 e. The average molecular weight is 290 g/mol. The topological polar surface area (TPSA) is 64.3 Å². The quantitative estimate of drug-likeness (QED) is 0.772. The molecule has 1 aliphatic carbocycles. The Balaban J connectivity index is 1.94. The highest BCUT2D eigenvalue weighted by Gasteiger charge is 2.38. The molecular formula is C17H26N2O2. The van der Waals surface area contributed by atoms with E-state index in [-0.39, 0.29) is 12.0 Å². The number of hydrogen-bond donors (Lipinski definition) is 2. The van der Waals surface area contributed by atoms with Crippen molar-refractivity contribution in [1.29, 1.82) is 0 Å². The Bertz CT molecular complexity index is 482. The zero-order valence-electron chi connectivity index (χ0n) is 13.2. The number of benzene rings is 1. The molecule has 4 nitrogen and oxygen atoms in total. The molecule has 2 rings (SSSR count). The lowest BCUT2D eigenvalue weighted by molar-refractivity contribution is -0.124. The minimum atomic E-state index is -0.704. The van der Waals surface area contributed by atoms with E-state index in [9.17, 15) is 4.79 Å². The molecule has 1 aromatic carbocycles. The molecule has 116 valence electrons. The molecule has 3 N–H and O–H groups in total. The van der Waals surface area contributed by atoms with Gasteiger partial charge in [0.2, 0.25) is 5.91 Å². The zero-order chi connectivity index (χ0) is 15.5. The van der Waals surface area contributed by atoms with Gasteiger partial charge in [-0.25, -0.2) is 0 Å². The summed E-state index contributed by atoms with van der Waals surface area (Å²) < 4.78 is 5.91. The molecule has 0 spiro atoms. The molecule has 21 heavy (non-hydrogen) atoms. The summed E-state index contributed by atoms with van der Waals surface area (Å²) in [5, 5.41) is 3.35. The molecule has 0 heterocycles. The molecule has 2 unspecified atom stereocenters. The number of hydrogen-bond acceptors (Lipinski definition) is 3. The van der Waals surface area contributed by atoms with E-state index >= 15 is 0 Å². The molecule has 1 aliphatic rings. The Labute approximate surface area is 127 Å². The van der Waals surface area contributed by atoms with Crippen LogP contribution in [0.3, 0.4) is 0 Å². The van der Waals surface area contributed by atoms with E-state index in [1.54, 1.807) is 0 Å². The first-order chi connectivity index (χ1) is 9.93. The highest BCUT2D eigenvalue weighted by molar-refractivity contribution is 5.84. The van der Waals surface area contributed by atoms with Gasteiger partial charge in [-0.1, -0.05) is 19.1 Å². The van der Waals surface area contributed by atoms with Crippen molar-refractivity contribution in [2.75, 3.05) is 0 Å². The normalized spacial score (nSPS) is 18.8. The number of aryl methyl sites for hydroxylation is 1. The summed E-state index contributed by atoms with van der Waals surface area (Å²) in [7, 11) is 0. The van der Waals surface area contributed by atoms with Gasteiger partial charge in [0, 0.05) is 12.5 Å². The van der Waals surface area contributed by atoms with E-state index in [4.69, 9.17) is 10.5 Å². The van der Waals surface area contributed by atoms with Crippen molar-refractivity contribution in [2.24, 2.45) is 5.73 Å². The van der Waals surface area contributed by atoms with Crippen LogP contribution in [-0.2, 0) is 11.2 Å². The van der Waals surface area contributed by atoms with Crippen molar-refractivity contribution < 1.29 is 9.53 Å². The van der Waals surface area contributed by atoms with Gasteiger partial charge in [0.05, 0.1) is 11.6 Å². The fraction of sp³-hybridized carbons (Fsp3) is 0.588. The second-order valence-corrected chi connectivity index (χ2v) is 6.25. The zero-order valence-corrected chi connectivity index (χ0v) is 13.2. The number of primary amides is 1. The number of nitrogens with two attached hydrogens (primary N) is 1. The third kappa shape index (κ3) is 4.46. The molecule has 1 saturated carbocycles. The Morgan fingerprint density at radius 3 is 2.52 bits per heavy atom. The predicted octanol–water partition coefficient (Wildman–Crippen LogP) is 2.40. The fourth-order valence-corrected chi connectivity index (χ4v) is 2.56. The van der Waals surface area contributed by atoms with Crippen LogP contribution >= 0.6 is 0 Å². The summed E-state index contributed by atoms with van der Waals surface area (Å²) in [4.78, 5) is 11.8. The van der Waals surface area contributed by atoms with Gasteiger partial charge >= 0.3 is 0 Å². The summed E-state index contributed by atoms with van der Waals surface area (Å²) >= 11 is 0. The van der Waals surface area contributed by atoms with Crippen molar-refractivity contribution in [3.63, 3.8) is 0 Å². The number of carbonyl (C=O) groups excluding carboxylic acids is 1. The molecule has 4 heteroatoms. The highest BCUT2D eigenvalue weighted by atomic mass is 16.5. The van der Waals surface area contributed by atoms with Crippen molar-refractivity contribution in [3.8, 4) is 5.75 Å². The van der Waals surface area contributed by atoms with Crippen LogP contribution in [0.25, 0.3) is 0 Å². The van der Waals surface area contributed by atoms with Gasteiger partial charge in [-0.15, -0.1) is 0 Å². The lowest BCUT2D eigenvalue weighted by atomic mass is 9.93. The van der Waals surface area contributed by atoms with Gasteiger partial charge in [0.25, 0.3) is 0 Å². The number of rotatable bonds is 8. The standard InChI is InChI=1S/C17H26N2O2/c1-4-13-5-9-15(10-6-13)21-12(2)11-17(3,16(18)20)19-14-7-8-14/h5-6,9-10,12,14,19H,4,7-8,11H2,1-3H3,(H2,18,20). The van der Waals surface area contributed by atoms with Crippen molar-refractivity contribution in [1.82, 2.24) is 5.32 Å². The van der Waals surface area contributed by atoms with E-state index in [0.29, 0.717) is 12.5 Å². The largest absolute Gasteiger partial charge is 0.491 e. The fourth-order valence-electron chi connectivity index (χ4n) is 2.56. The van der Waals surface area contributed by atoms with E-state index < -0.39 is 5.54 Å². The average Bonchev–Trinajstić information content (AvgIpc) is 3.22. The second-order valence-electron chi connectivity index (χ2n) is 6.25. The van der Waals surface area contributed by atoms with Gasteiger partial charge in [-0.3, -0.25) is 4.79 Å². The molecule has 0 bridgehead atoms. The van der Waals surface area contributed by atoms with Crippen LogP contribution in [0.1, 0.15) is 45.6 Å². The highest BCUT2D eigenvalue weighted by Crippen LogP contribution is 2.26. The first-order valence-electron chi connectivity index (χ1n) is 7.76. The molecule has 0 radical (unpaired) electrons. The van der Waals surface area contributed by atoms with Gasteiger partial charge in [0.1, 0.15) is 5.75 Å². The molecule has 0 aromatic heterocycles. The summed E-state index contributed by atoms with van der Waals surface area (Å²) in [6.45, 7) is 5.97. The van der Waals surface area contributed by atoms with Crippen LogP contribution in [0, 0.1) is 0 Å². The SMILES string of the molecule is CCc1ccc(OC(C)CC(C)(NC2CC2)C(N)=O)cc1. The number of nitrogens with one attached hydrogen (secondary N) is 1. The maximum atomic E-state index is 11.8. The van der Waals surface area contributed by atoms with E-state index in [0.717, 1.165) is 25.0 Å². The van der Waals surface area contributed by atoms with Gasteiger partial charge in [-0.2, -0.15) is 0 Å². The second kappa shape index (κ2) is 6.48. The van der Waals surface area contributed by atoms with E-state index in [1.807, 2.05) is 26.0 Å². The maximum Gasteiger partial charge on any atom is 0.237 e. The molecule has 2 atom stereocenters. The molecule has 1 fully saturated rings. The Kier molecular flexibility index (Phi) is 4.88. The van der Waals surface area contributed by atoms with Crippen molar-refractivity contribution >= 4 is 5.91 Å². The van der Waals surface area contributed by atoms with E-state index in [1.165, 1.54) is 5.56 Å². The Morgan fingerprint density at radius 1 is 1.43 bits per heavy atom. The van der Waals surface area contributed by atoms with Crippen LogP contribution in [0.5, 0.6) is 5.75 Å². The Hall–Kier alpha value is -1.55. The van der Waals surface area contributed by atoms with Crippen molar-refractivity contribution in [2.45, 2.75) is 64.1 Å². The van der Waals surface area contributed by atoms with Crippen LogP contribution in [0.15, 0.2) is 24.3 Å². The van der Waals surface area contributed by atoms with Crippen LogP contribution in [0.2, 0.25) is 0 Å². The third-order valence-electron chi connectivity index (χ3n) is 4.01. The monoisotopic (exact) mass is 290 g/mol. The molecular weight excluding hydrogens is 264 g/mol. The lowest BCUT2D eigenvalue weighted by Crippen LogP contribution is -2.55. The summed E-state index contributed by atoms with van der Waals surface area (Å²) in [6.07, 6.45) is 3.74. The first kappa shape index (κ1) is 15.8. The summed E-state index contributed by atoms with van der Waals surface area (Å²) in [6, 6.07) is 8.52. The van der Waals surface area contributed by atoms with Gasteiger partial charge in [0.15, 0.2) is 0 Å². The third-order valence-corrected chi connectivity index (χ3v) is 4.01. The number of ether oxygens (including phenoxy) is 1. The van der Waals surface area contributed by atoms with Crippen LogP contribution in [0.4, 0.5) is 0 Å². The number of carbonyl (C=O) groups is 1. The first-order valence-corrected chi connectivity index (χ1v) is 7.76. The van der Waals surface area contributed by atoms with Gasteiger partial charge < -0.3 is 15.8 Å². The molecule has 0 aliphatic heterocycles. The molecule has 1 aromatic rings. The number of amides is 1. The minimum absolute atomic E-state index is 0.0822. The predicted molar refractivity (Wildman–Crippen MR) is 84.3 cm³/mol. The van der Waals surface area contributed by atoms with Crippen LogP contribution in [-0.4, -0.2) is 23.6 Å². The van der Waals surface area contributed by atoms with E-state index in [2.05, 4.69) is 24.4 Å². The summed E-state index contributed by atoms with van der Waals surface area (Å²) in [5.74, 6) is 0.518. The molecule has 0 saturated heterocycles. The van der Waals surface area contributed by atoms with Gasteiger partial charge in [-0.05, 0) is 50.8 Å². The minimum Gasteiger partial charge on any atom is -0.491 e. The summed E-state index contributed by atoms with van der Waals surface area (Å²) in [5.41, 5.74) is 6.15.